The van der Waals surface area contributed by atoms with Crippen LogP contribution in [0.15, 0.2) is 53.5 Å². The number of nitrogens with one attached hydrogen (secondary N) is 1. The molecule has 0 radical (unpaired) electrons. The average Bonchev–Trinajstić information content (AvgIpc) is 2.58. The largest absolute Gasteiger partial charge is 0.497 e. The van der Waals surface area contributed by atoms with Gasteiger partial charge in [0.05, 0.1) is 7.11 Å². The molecule has 0 aliphatic heterocycles. The first-order valence-corrected chi connectivity index (χ1v) is 7.74. The van der Waals surface area contributed by atoms with E-state index < -0.39 is 0 Å². The fourth-order valence-electron chi connectivity index (χ4n) is 2.27. The summed E-state index contributed by atoms with van der Waals surface area (Å²) in [5.41, 5.74) is 1.13. The van der Waals surface area contributed by atoms with Gasteiger partial charge in [0.15, 0.2) is 0 Å². The molecule has 0 spiro atoms. The third-order valence-corrected chi connectivity index (χ3v) is 3.60. The first kappa shape index (κ1) is 16.8. The Morgan fingerprint density at radius 2 is 1.96 bits per heavy atom. The molecular weight excluding hydrogens is 292 g/mol. The summed E-state index contributed by atoms with van der Waals surface area (Å²) >= 11 is 0. The Hall–Kier alpha value is -2.56. The Morgan fingerprint density at radius 1 is 1.17 bits per heavy atom. The van der Waals surface area contributed by atoms with E-state index in [0.717, 1.165) is 18.6 Å². The molecule has 0 aliphatic carbocycles. The normalized spacial score (nSPS) is 10.3. The number of ether oxygens (including phenoxy) is 1. The predicted octanol–water partition coefficient (Wildman–Crippen LogP) is 2.00. The molecule has 0 saturated carbocycles. The minimum Gasteiger partial charge on any atom is -0.497 e. The maximum atomic E-state index is 11.8. The number of pyridine rings is 1. The van der Waals surface area contributed by atoms with Crippen molar-refractivity contribution < 1.29 is 9.53 Å². The first-order valence-electron chi connectivity index (χ1n) is 7.74. The molecule has 0 saturated heterocycles. The van der Waals surface area contributed by atoms with Crippen LogP contribution in [0.25, 0.3) is 0 Å². The van der Waals surface area contributed by atoms with Crippen LogP contribution in [0, 0.1) is 0 Å². The first-order chi connectivity index (χ1) is 11.2. The molecule has 1 aromatic heterocycles. The number of hydrogen-bond donors (Lipinski definition) is 1. The second kappa shape index (κ2) is 8.78. The van der Waals surface area contributed by atoms with Gasteiger partial charge in [0.2, 0.25) is 5.91 Å². The Morgan fingerprint density at radius 3 is 2.65 bits per heavy atom. The summed E-state index contributed by atoms with van der Waals surface area (Å²) in [6, 6.07) is 12.9. The summed E-state index contributed by atoms with van der Waals surface area (Å²) in [7, 11) is 1.65. The molecule has 0 bridgehead atoms. The summed E-state index contributed by atoms with van der Waals surface area (Å²) in [6.07, 6.45) is 3.79. The van der Waals surface area contributed by atoms with Crippen molar-refractivity contribution in [3.05, 3.63) is 64.6 Å². The summed E-state index contributed by atoms with van der Waals surface area (Å²) < 4.78 is 6.66. The molecule has 23 heavy (non-hydrogen) atoms. The highest BCUT2D eigenvalue weighted by Crippen LogP contribution is 2.12. The molecule has 5 nitrogen and oxygen atoms in total. The smallest absolute Gasteiger partial charge is 0.250 e. The van der Waals surface area contributed by atoms with Crippen LogP contribution in [0.1, 0.15) is 18.4 Å². The van der Waals surface area contributed by atoms with Crippen molar-refractivity contribution in [1.29, 1.82) is 0 Å². The molecule has 1 aromatic carbocycles. The van der Waals surface area contributed by atoms with Crippen molar-refractivity contribution in [2.45, 2.75) is 25.8 Å². The monoisotopic (exact) mass is 314 g/mol. The predicted molar refractivity (Wildman–Crippen MR) is 89.6 cm³/mol. The molecule has 1 N–H and O–H groups in total. The van der Waals surface area contributed by atoms with Gasteiger partial charge in [-0.25, -0.2) is 0 Å². The lowest BCUT2D eigenvalue weighted by Crippen LogP contribution is -2.27. The van der Waals surface area contributed by atoms with Crippen molar-refractivity contribution in [1.82, 2.24) is 9.88 Å². The fourth-order valence-corrected chi connectivity index (χ4v) is 2.27. The van der Waals surface area contributed by atoms with E-state index in [4.69, 9.17) is 4.74 Å². The molecule has 2 rings (SSSR count). The number of hydrogen-bond acceptors (Lipinski definition) is 3. The summed E-state index contributed by atoms with van der Waals surface area (Å²) in [5, 5.41) is 2.89. The summed E-state index contributed by atoms with van der Waals surface area (Å²) in [6.45, 7) is 1.04. The number of nitrogens with zero attached hydrogens (tertiary/aromatic N) is 1. The average molecular weight is 314 g/mol. The number of rotatable bonds is 8. The van der Waals surface area contributed by atoms with Crippen LogP contribution in [-0.2, 0) is 17.8 Å². The Bertz CT molecular complexity index is 677. The van der Waals surface area contributed by atoms with E-state index in [1.54, 1.807) is 25.4 Å². The maximum absolute atomic E-state index is 11.8. The van der Waals surface area contributed by atoms with Gasteiger partial charge in [0.1, 0.15) is 5.75 Å². The van der Waals surface area contributed by atoms with Gasteiger partial charge in [-0.05, 0) is 36.6 Å². The van der Waals surface area contributed by atoms with Crippen LogP contribution >= 0.6 is 0 Å². The number of carbonyl (C=O) groups excluding carboxylic acids is 1. The van der Waals surface area contributed by atoms with Gasteiger partial charge in [-0.2, -0.15) is 0 Å². The number of benzene rings is 1. The van der Waals surface area contributed by atoms with Crippen molar-refractivity contribution in [2.75, 3.05) is 13.7 Å². The molecule has 0 aliphatic rings. The minimum atomic E-state index is -0.0835. The van der Waals surface area contributed by atoms with Crippen LogP contribution in [0.5, 0.6) is 5.75 Å². The molecule has 0 fully saturated rings. The lowest BCUT2D eigenvalue weighted by atomic mass is 10.1. The van der Waals surface area contributed by atoms with Crippen LogP contribution in [0.2, 0.25) is 0 Å². The van der Waals surface area contributed by atoms with Gasteiger partial charge < -0.3 is 14.6 Å². The van der Waals surface area contributed by atoms with Crippen LogP contribution < -0.4 is 15.6 Å². The SMILES string of the molecule is COc1ccc(CCCNC(=O)CCn2ccccc2=O)cc1. The quantitative estimate of drug-likeness (QED) is 0.758. The van der Waals surface area contributed by atoms with Crippen LogP contribution in [0.3, 0.4) is 0 Å². The molecular formula is C18H22N2O3. The highest BCUT2D eigenvalue weighted by atomic mass is 16.5. The lowest BCUT2D eigenvalue weighted by molar-refractivity contribution is -0.121. The van der Waals surface area contributed by atoms with Crippen LogP contribution in [-0.4, -0.2) is 24.1 Å². The van der Waals surface area contributed by atoms with Crippen molar-refractivity contribution in [2.24, 2.45) is 0 Å². The van der Waals surface area contributed by atoms with E-state index in [2.05, 4.69) is 5.32 Å². The van der Waals surface area contributed by atoms with Gasteiger partial charge in [-0.3, -0.25) is 9.59 Å². The van der Waals surface area contributed by atoms with E-state index in [1.807, 2.05) is 24.3 Å². The number of amides is 1. The third-order valence-electron chi connectivity index (χ3n) is 3.60. The highest BCUT2D eigenvalue weighted by Gasteiger charge is 2.02. The Balaban J connectivity index is 1.64. The Labute approximate surface area is 135 Å². The van der Waals surface area contributed by atoms with Crippen LogP contribution in [0.4, 0.5) is 0 Å². The standard InChI is InChI=1S/C18H22N2O3/c1-23-16-9-7-15(8-10-16)5-4-12-19-17(21)11-14-20-13-3-2-6-18(20)22/h2-3,6-10,13H,4-5,11-12,14H2,1H3,(H,19,21). The molecule has 1 heterocycles. The fraction of sp³-hybridized carbons (Fsp3) is 0.333. The van der Waals surface area contributed by atoms with Crippen molar-refractivity contribution >= 4 is 5.91 Å². The molecule has 0 atom stereocenters. The second-order valence-corrected chi connectivity index (χ2v) is 5.28. The minimum absolute atomic E-state index is 0.0320. The second-order valence-electron chi connectivity index (χ2n) is 5.28. The third kappa shape index (κ3) is 5.62. The zero-order valence-corrected chi connectivity index (χ0v) is 13.3. The Kier molecular flexibility index (Phi) is 6.41. The van der Waals surface area contributed by atoms with Crippen molar-refractivity contribution in [3.8, 4) is 5.75 Å². The van der Waals surface area contributed by atoms with Crippen molar-refractivity contribution in [3.63, 3.8) is 0 Å². The number of methoxy groups -OCH3 is 1. The number of aryl methyl sites for hydroxylation is 2. The van der Waals surface area contributed by atoms with E-state index in [9.17, 15) is 9.59 Å². The topological polar surface area (TPSA) is 60.3 Å². The van der Waals surface area contributed by atoms with E-state index >= 15 is 0 Å². The zero-order valence-electron chi connectivity index (χ0n) is 13.3. The molecule has 2 aromatic rings. The number of aromatic nitrogens is 1. The lowest BCUT2D eigenvalue weighted by Gasteiger charge is -2.07. The maximum Gasteiger partial charge on any atom is 0.250 e. The van der Waals surface area contributed by atoms with Gasteiger partial charge in [-0.15, -0.1) is 0 Å². The number of carbonyl (C=O) groups is 1. The summed E-state index contributed by atoms with van der Waals surface area (Å²) in [5.74, 6) is 0.814. The molecule has 5 heteroatoms. The molecule has 0 unspecified atom stereocenters. The molecule has 122 valence electrons. The van der Waals surface area contributed by atoms with Gasteiger partial charge in [0, 0.05) is 31.8 Å². The van der Waals surface area contributed by atoms with E-state index in [0.29, 0.717) is 19.5 Å². The van der Waals surface area contributed by atoms with E-state index in [1.165, 1.54) is 16.2 Å². The zero-order chi connectivity index (χ0) is 16.5. The van der Waals surface area contributed by atoms with E-state index in [-0.39, 0.29) is 11.5 Å². The summed E-state index contributed by atoms with van der Waals surface area (Å²) in [4.78, 5) is 23.3. The molecule has 1 amide bonds. The van der Waals surface area contributed by atoms with Gasteiger partial charge in [-0.1, -0.05) is 18.2 Å². The highest BCUT2D eigenvalue weighted by molar-refractivity contribution is 5.75. The van der Waals surface area contributed by atoms with Gasteiger partial charge in [0.25, 0.3) is 5.56 Å². The van der Waals surface area contributed by atoms with Gasteiger partial charge >= 0.3 is 0 Å².